The van der Waals surface area contributed by atoms with Crippen molar-refractivity contribution in [3.8, 4) is 0 Å². The van der Waals surface area contributed by atoms with Crippen LogP contribution in [0.25, 0.3) is 0 Å². The maximum atomic E-state index is 11.7. The number of piperidine rings is 1. The average Bonchev–Trinajstić information content (AvgIpc) is 2.14. The molecule has 0 amide bonds. The van der Waals surface area contributed by atoms with E-state index in [1.807, 2.05) is 27.7 Å². The number of rotatable bonds is 1. The van der Waals surface area contributed by atoms with Crippen molar-refractivity contribution in [3.05, 3.63) is 12.2 Å². The van der Waals surface area contributed by atoms with Crippen molar-refractivity contribution in [2.75, 3.05) is 0 Å². The molecule has 0 aliphatic carbocycles. The van der Waals surface area contributed by atoms with Crippen molar-refractivity contribution in [1.82, 2.24) is 5.06 Å². The molecule has 0 atom stereocenters. The number of hydrogen-bond acceptors (Lipinski definition) is 2. The third-order valence-electron chi connectivity index (χ3n) is 3.04. The van der Waals surface area contributed by atoms with Crippen molar-refractivity contribution in [2.45, 2.75) is 65.0 Å². The van der Waals surface area contributed by atoms with Crippen LogP contribution in [-0.2, 0) is 10.0 Å². The molecule has 1 aliphatic rings. The van der Waals surface area contributed by atoms with Gasteiger partial charge in [0.1, 0.15) is 0 Å². The van der Waals surface area contributed by atoms with E-state index < -0.39 is 5.97 Å². The van der Waals surface area contributed by atoms with Gasteiger partial charge in [-0.05, 0) is 53.9 Å². The Kier molecular flexibility index (Phi) is 5.36. The first-order valence-electron chi connectivity index (χ1n) is 5.87. The number of aliphatic carboxylic acids is 1. The fourth-order valence-corrected chi connectivity index (χ4v) is 1.98. The molecular weight excluding hydrogens is 218 g/mol. The molecule has 1 radical (unpaired) electrons. The lowest BCUT2D eigenvalue weighted by atomic mass is 9.82. The molecule has 0 aromatic carbocycles. The van der Waals surface area contributed by atoms with Crippen LogP contribution >= 0.6 is 0 Å². The predicted molar refractivity (Wildman–Crippen MR) is 67.0 cm³/mol. The summed E-state index contributed by atoms with van der Waals surface area (Å²) in [7, 11) is 0. The molecule has 0 aromatic rings. The van der Waals surface area contributed by atoms with Crippen molar-refractivity contribution >= 4 is 5.97 Å². The van der Waals surface area contributed by atoms with Gasteiger partial charge in [-0.3, -0.25) is 0 Å². The van der Waals surface area contributed by atoms with E-state index in [4.69, 9.17) is 5.11 Å². The number of carboxylic acids is 1. The minimum absolute atomic E-state index is 0.151. The third-order valence-corrected chi connectivity index (χ3v) is 3.04. The normalized spacial score (nSPS) is 22.2. The highest BCUT2D eigenvalue weighted by atomic mass is 16.5. The molecule has 0 aromatic heterocycles. The molecule has 1 N–H and O–H groups in total. The van der Waals surface area contributed by atoms with Crippen molar-refractivity contribution in [1.29, 1.82) is 0 Å². The minimum Gasteiger partial charge on any atom is -0.478 e. The molecule has 4 heteroatoms. The second kappa shape index (κ2) is 5.65. The first-order valence-corrected chi connectivity index (χ1v) is 5.87. The van der Waals surface area contributed by atoms with Gasteiger partial charge in [-0.15, -0.1) is 10.3 Å². The average molecular weight is 242 g/mol. The molecule has 0 unspecified atom stereocenters. The van der Waals surface area contributed by atoms with Gasteiger partial charge in [0.15, 0.2) is 0 Å². The van der Waals surface area contributed by atoms with Crippen LogP contribution in [0.5, 0.6) is 0 Å². The second-order valence-corrected chi connectivity index (χ2v) is 5.86. The van der Waals surface area contributed by atoms with Crippen LogP contribution in [0.1, 0.15) is 53.9 Å². The zero-order valence-corrected chi connectivity index (χ0v) is 11.5. The fourth-order valence-electron chi connectivity index (χ4n) is 1.98. The summed E-state index contributed by atoms with van der Waals surface area (Å²) in [6, 6.07) is 0. The lowest BCUT2D eigenvalue weighted by Crippen LogP contribution is -2.55. The van der Waals surface area contributed by atoms with E-state index in [0.29, 0.717) is 0 Å². The highest BCUT2D eigenvalue weighted by Gasteiger charge is 2.41. The molecule has 17 heavy (non-hydrogen) atoms. The number of hydrogen-bond donors (Lipinski definition) is 1. The van der Waals surface area contributed by atoms with Gasteiger partial charge in [-0.2, -0.15) is 0 Å². The standard InChI is InChI=1S/C9H18NO.C4H6O2/c1-8(2)6-5-7-9(3,4)10(8)11;1-3(2)4(5)6/h5-7H2,1-4H3;1H2,2H3,(H,5,6). The van der Waals surface area contributed by atoms with E-state index >= 15 is 0 Å². The van der Waals surface area contributed by atoms with Gasteiger partial charge in [0.25, 0.3) is 0 Å². The Balaban J connectivity index is 0.000000366. The highest BCUT2D eigenvalue weighted by Crippen LogP contribution is 2.36. The van der Waals surface area contributed by atoms with Gasteiger partial charge in [0.05, 0.1) is 0 Å². The fraction of sp³-hybridized carbons (Fsp3) is 0.769. The van der Waals surface area contributed by atoms with Crippen LogP contribution in [0.4, 0.5) is 0 Å². The molecule has 0 saturated carbocycles. The summed E-state index contributed by atoms with van der Waals surface area (Å²) in [6.45, 7) is 12.7. The second-order valence-electron chi connectivity index (χ2n) is 5.86. The van der Waals surface area contributed by atoms with E-state index in [0.717, 1.165) is 12.8 Å². The zero-order valence-electron chi connectivity index (χ0n) is 11.5. The molecule has 1 fully saturated rings. The Morgan fingerprint density at radius 1 is 1.18 bits per heavy atom. The molecule has 99 valence electrons. The predicted octanol–water partition coefficient (Wildman–Crippen LogP) is 3.02. The van der Waals surface area contributed by atoms with Crippen molar-refractivity contribution in [3.63, 3.8) is 0 Å². The summed E-state index contributed by atoms with van der Waals surface area (Å²) in [4.78, 5) is 9.60. The third kappa shape index (κ3) is 4.88. The summed E-state index contributed by atoms with van der Waals surface area (Å²) in [5.41, 5.74) is -0.126. The van der Waals surface area contributed by atoms with Gasteiger partial charge in [-0.25, -0.2) is 4.79 Å². The smallest absolute Gasteiger partial charge is 0.330 e. The number of carbonyl (C=O) groups is 1. The Morgan fingerprint density at radius 3 is 1.65 bits per heavy atom. The van der Waals surface area contributed by atoms with Gasteiger partial charge >= 0.3 is 5.97 Å². The molecule has 1 saturated heterocycles. The van der Waals surface area contributed by atoms with Crippen LogP contribution in [0, 0.1) is 0 Å². The number of carboxylic acid groups (broad SMARTS) is 1. The Bertz CT molecular complexity index is 267. The monoisotopic (exact) mass is 242 g/mol. The van der Waals surface area contributed by atoms with Crippen LogP contribution in [0.2, 0.25) is 0 Å². The van der Waals surface area contributed by atoms with Gasteiger partial charge in [-0.1, -0.05) is 6.58 Å². The lowest BCUT2D eigenvalue weighted by Gasteiger charge is -2.46. The maximum Gasteiger partial charge on any atom is 0.330 e. The van der Waals surface area contributed by atoms with Crippen LogP contribution in [-0.4, -0.2) is 27.2 Å². The van der Waals surface area contributed by atoms with Gasteiger partial charge in [0.2, 0.25) is 0 Å². The van der Waals surface area contributed by atoms with E-state index in [1.54, 1.807) is 0 Å². The molecule has 4 nitrogen and oxygen atoms in total. The molecule has 1 aliphatic heterocycles. The Hall–Kier alpha value is -0.870. The molecule has 1 rings (SSSR count). The van der Waals surface area contributed by atoms with Crippen LogP contribution < -0.4 is 0 Å². The van der Waals surface area contributed by atoms with E-state index in [9.17, 15) is 10.0 Å². The maximum absolute atomic E-state index is 11.7. The van der Waals surface area contributed by atoms with Crippen molar-refractivity contribution in [2.24, 2.45) is 0 Å². The van der Waals surface area contributed by atoms with E-state index in [2.05, 4.69) is 6.58 Å². The summed E-state index contributed by atoms with van der Waals surface area (Å²) >= 11 is 0. The largest absolute Gasteiger partial charge is 0.478 e. The summed E-state index contributed by atoms with van der Waals surface area (Å²) in [5.74, 6) is -0.935. The quantitative estimate of drug-likeness (QED) is 0.719. The number of nitrogens with zero attached hydrogens (tertiary/aromatic N) is 1. The molecule has 0 bridgehead atoms. The Morgan fingerprint density at radius 2 is 1.47 bits per heavy atom. The molecule has 0 spiro atoms. The summed E-state index contributed by atoms with van der Waals surface area (Å²) in [6.07, 6.45) is 3.23. The van der Waals surface area contributed by atoms with Gasteiger partial charge in [0, 0.05) is 16.7 Å². The van der Waals surface area contributed by atoms with Crippen LogP contribution in [0.3, 0.4) is 0 Å². The Labute approximate surface area is 104 Å². The van der Waals surface area contributed by atoms with Crippen molar-refractivity contribution < 1.29 is 15.1 Å². The van der Waals surface area contributed by atoms with E-state index in [-0.39, 0.29) is 16.7 Å². The first kappa shape index (κ1) is 16.1. The molecule has 1 heterocycles. The topological polar surface area (TPSA) is 60.4 Å². The highest BCUT2D eigenvalue weighted by molar-refractivity contribution is 5.84. The SMILES string of the molecule is C=C(C)C(=O)O.CC1(C)CCCC(C)(C)N1[O]. The first-order chi connectivity index (χ1) is 7.50. The molecular formula is C13H24NO3. The summed E-state index contributed by atoms with van der Waals surface area (Å²) < 4.78 is 0. The minimum atomic E-state index is -0.935. The van der Waals surface area contributed by atoms with Crippen LogP contribution in [0.15, 0.2) is 12.2 Å². The number of hydroxylamine groups is 2. The van der Waals surface area contributed by atoms with E-state index in [1.165, 1.54) is 18.4 Å². The lowest BCUT2D eigenvalue weighted by molar-refractivity contribution is -0.286. The summed E-state index contributed by atoms with van der Waals surface area (Å²) in [5, 5.41) is 20.8. The zero-order chi connectivity index (χ0) is 13.9. The van der Waals surface area contributed by atoms with Gasteiger partial charge < -0.3 is 5.11 Å².